The summed E-state index contributed by atoms with van der Waals surface area (Å²) in [5.41, 5.74) is 7.22. The van der Waals surface area contributed by atoms with Crippen LogP contribution in [-0.2, 0) is 0 Å². The van der Waals surface area contributed by atoms with Gasteiger partial charge in [0, 0.05) is 22.4 Å². The third-order valence-corrected chi connectivity index (χ3v) is 6.71. The van der Waals surface area contributed by atoms with Crippen LogP contribution in [0.4, 0.5) is 0 Å². The third-order valence-electron chi connectivity index (χ3n) is 5.22. The van der Waals surface area contributed by atoms with Crippen molar-refractivity contribution in [2.45, 2.75) is 78.4 Å². The number of pyridine rings is 1. The molecule has 2 heterocycles. The highest BCUT2D eigenvalue weighted by Gasteiger charge is 2.33. The highest BCUT2D eigenvalue weighted by Crippen LogP contribution is 2.46. The minimum atomic E-state index is 0.505. The Morgan fingerprint density at radius 3 is 2.19 bits per heavy atom. The van der Waals surface area contributed by atoms with E-state index in [4.69, 9.17) is 4.98 Å². The number of thioether (sulfide) groups is 1. The fourth-order valence-corrected chi connectivity index (χ4v) is 5.01. The van der Waals surface area contributed by atoms with E-state index in [0.29, 0.717) is 28.9 Å². The molecule has 1 nitrogen and oxygen atoms in total. The quantitative estimate of drug-likeness (QED) is 0.685. The lowest BCUT2D eigenvalue weighted by atomic mass is 9.78. The summed E-state index contributed by atoms with van der Waals surface area (Å²) in [5.74, 6) is 3.68. The van der Waals surface area contributed by atoms with Crippen LogP contribution in [0.15, 0.2) is 0 Å². The Hall–Kier alpha value is -0.500. The van der Waals surface area contributed by atoms with Crippen LogP contribution in [-0.4, -0.2) is 16.0 Å². The van der Waals surface area contributed by atoms with Gasteiger partial charge in [0.15, 0.2) is 0 Å². The zero-order valence-corrected chi connectivity index (χ0v) is 15.8. The first-order valence-electron chi connectivity index (χ1n) is 8.38. The molecule has 0 saturated heterocycles. The van der Waals surface area contributed by atoms with Gasteiger partial charge in [-0.15, -0.1) is 0 Å². The van der Waals surface area contributed by atoms with Crippen molar-refractivity contribution in [3.63, 3.8) is 0 Å². The van der Waals surface area contributed by atoms with Crippen molar-refractivity contribution < 1.29 is 0 Å². The van der Waals surface area contributed by atoms with Crippen molar-refractivity contribution in [2.24, 2.45) is 5.92 Å². The van der Waals surface area contributed by atoms with Crippen LogP contribution >= 0.6 is 11.8 Å². The normalized spacial score (nSPS) is 26.1. The first-order chi connectivity index (χ1) is 9.75. The van der Waals surface area contributed by atoms with Gasteiger partial charge in [-0.3, -0.25) is 4.98 Å². The molecule has 0 N–H and O–H groups in total. The van der Waals surface area contributed by atoms with Crippen molar-refractivity contribution in [3.05, 3.63) is 28.1 Å². The minimum absolute atomic E-state index is 0.505. The third kappa shape index (κ3) is 3.02. The second-order valence-corrected chi connectivity index (χ2v) is 8.78. The molecule has 0 aromatic carbocycles. The van der Waals surface area contributed by atoms with E-state index in [1.165, 1.54) is 22.7 Å². The Morgan fingerprint density at radius 1 is 1.05 bits per heavy atom. The lowest BCUT2D eigenvalue weighted by Gasteiger charge is -2.28. The molecule has 0 spiro atoms. The Bertz CT molecular complexity index is 519. The second-order valence-electron chi connectivity index (χ2n) is 7.37. The van der Waals surface area contributed by atoms with E-state index in [2.05, 4.69) is 67.2 Å². The predicted octanol–water partition coefficient (Wildman–Crippen LogP) is 5.80. The average molecular weight is 306 g/mol. The van der Waals surface area contributed by atoms with Gasteiger partial charge in [0.05, 0.1) is 0 Å². The monoisotopic (exact) mass is 305 g/mol. The summed E-state index contributed by atoms with van der Waals surface area (Å²) in [6, 6.07) is 0. The zero-order chi connectivity index (χ0) is 15.9. The van der Waals surface area contributed by atoms with Crippen LogP contribution in [0.2, 0.25) is 0 Å². The van der Waals surface area contributed by atoms with Crippen LogP contribution in [0.1, 0.15) is 87.4 Å². The highest BCUT2D eigenvalue weighted by molar-refractivity contribution is 7.99. The molecule has 0 fully saturated rings. The van der Waals surface area contributed by atoms with E-state index >= 15 is 0 Å². The fourth-order valence-electron chi connectivity index (χ4n) is 3.52. The van der Waals surface area contributed by atoms with E-state index in [1.54, 1.807) is 11.1 Å². The molecule has 0 saturated carbocycles. The molecule has 1 aliphatic rings. The van der Waals surface area contributed by atoms with Gasteiger partial charge >= 0.3 is 0 Å². The molecule has 1 aromatic rings. The highest BCUT2D eigenvalue weighted by atomic mass is 32.2. The van der Waals surface area contributed by atoms with Crippen molar-refractivity contribution >= 4 is 11.8 Å². The zero-order valence-electron chi connectivity index (χ0n) is 14.9. The molecular formula is C19H31NS. The van der Waals surface area contributed by atoms with Crippen molar-refractivity contribution in [3.8, 4) is 0 Å². The summed E-state index contributed by atoms with van der Waals surface area (Å²) in [6.07, 6.45) is 0. The number of fused-ring (bicyclic) bond motifs is 1. The van der Waals surface area contributed by atoms with Crippen LogP contribution in [0.3, 0.4) is 0 Å². The number of aryl methyl sites for hydroxylation is 1. The molecule has 0 amide bonds. The topological polar surface area (TPSA) is 12.9 Å². The summed E-state index contributed by atoms with van der Waals surface area (Å²) in [6.45, 7) is 18.6. The molecule has 118 valence electrons. The Labute approximate surface area is 135 Å². The van der Waals surface area contributed by atoms with Crippen LogP contribution < -0.4 is 0 Å². The van der Waals surface area contributed by atoms with E-state index in [0.717, 1.165) is 0 Å². The molecule has 2 rings (SSSR count). The first-order valence-corrected chi connectivity index (χ1v) is 9.43. The maximum atomic E-state index is 5.01. The van der Waals surface area contributed by atoms with Gasteiger partial charge in [0.25, 0.3) is 0 Å². The van der Waals surface area contributed by atoms with Gasteiger partial charge in [0.2, 0.25) is 0 Å². The molecule has 0 radical (unpaired) electrons. The summed E-state index contributed by atoms with van der Waals surface area (Å²) in [7, 11) is 0. The largest absolute Gasteiger partial charge is 0.257 e. The standard InChI is InChI=1S/C19H31NS/c1-10(2)16-9-21-15(8)13(6)17-12(5)14(7)20-19(11(3)4)18(16)17/h10-11,13,15-16H,9H2,1-8H3/t13-,15+,16?/m0/s1. The Balaban J connectivity index is 2.79. The van der Waals surface area contributed by atoms with Crippen LogP contribution in [0.5, 0.6) is 0 Å². The SMILES string of the molecule is Cc1nc(C(C)C)c2c(c1C)[C@@H](C)[C@@H](C)SCC2C(C)C. The fraction of sp³-hybridized carbons (Fsp3) is 0.737. The Morgan fingerprint density at radius 2 is 1.67 bits per heavy atom. The average Bonchev–Trinajstić information content (AvgIpc) is 2.52. The van der Waals surface area contributed by atoms with Crippen molar-refractivity contribution in [1.29, 1.82) is 0 Å². The molecule has 21 heavy (non-hydrogen) atoms. The second kappa shape index (κ2) is 6.32. The van der Waals surface area contributed by atoms with E-state index < -0.39 is 0 Å². The summed E-state index contributed by atoms with van der Waals surface area (Å²) < 4.78 is 0. The van der Waals surface area contributed by atoms with Gasteiger partial charge in [-0.2, -0.15) is 11.8 Å². The molecule has 1 unspecified atom stereocenters. The van der Waals surface area contributed by atoms with Gasteiger partial charge in [0.1, 0.15) is 0 Å². The van der Waals surface area contributed by atoms with E-state index in [-0.39, 0.29) is 0 Å². The number of nitrogens with zero attached hydrogens (tertiary/aromatic N) is 1. The maximum Gasteiger partial charge on any atom is 0.0470 e. The first kappa shape index (κ1) is 16.9. The summed E-state index contributed by atoms with van der Waals surface area (Å²) in [4.78, 5) is 5.01. The van der Waals surface area contributed by atoms with Crippen LogP contribution in [0, 0.1) is 19.8 Å². The van der Waals surface area contributed by atoms with Gasteiger partial charge in [-0.05, 0) is 54.2 Å². The van der Waals surface area contributed by atoms with Gasteiger partial charge in [-0.25, -0.2) is 0 Å². The summed E-state index contributed by atoms with van der Waals surface area (Å²) in [5, 5.41) is 0.688. The number of aromatic nitrogens is 1. The van der Waals surface area contributed by atoms with Crippen LogP contribution in [0.25, 0.3) is 0 Å². The smallest absolute Gasteiger partial charge is 0.0470 e. The Kier molecular flexibility index (Phi) is 5.07. The molecule has 1 aromatic heterocycles. The minimum Gasteiger partial charge on any atom is -0.257 e. The molecule has 2 heteroatoms. The summed E-state index contributed by atoms with van der Waals surface area (Å²) >= 11 is 2.15. The molecule has 1 aliphatic heterocycles. The molecule has 0 aliphatic carbocycles. The number of hydrogen-bond donors (Lipinski definition) is 0. The van der Waals surface area contributed by atoms with Gasteiger partial charge in [-0.1, -0.05) is 41.5 Å². The number of hydrogen-bond acceptors (Lipinski definition) is 2. The lowest BCUT2D eigenvalue weighted by molar-refractivity contribution is 0.527. The number of rotatable bonds is 2. The van der Waals surface area contributed by atoms with E-state index in [1.807, 2.05) is 0 Å². The molecule has 3 atom stereocenters. The van der Waals surface area contributed by atoms with E-state index in [9.17, 15) is 0 Å². The van der Waals surface area contributed by atoms with Gasteiger partial charge < -0.3 is 0 Å². The predicted molar refractivity (Wildman–Crippen MR) is 95.7 cm³/mol. The molecule has 0 bridgehead atoms. The lowest BCUT2D eigenvalue weighted by Crippen LogP contribution is -2.18. The van der Waals surface area contributed by atoms with Crippen molar-refractivity contribution in [1.82, 2.24) is 4.98 Å². The molecular weight excluding hydrogens is 274 g/mol. The van der Waals surface area contributed by atoms with Crippen molar-refractivity contribution in [2.75, 3.05) is 5.75 Å². The maximum absolute atomic E-state index is 5.01.